The number of H-pyrrole nitrogens is 1. The van der Waals surface area contributed by atoms with Crippen LogP contribution >= 0.6 is 11.8 Å². The van der Waals surface area contributed by atoms with Crippen molar-refractivity contribution >= 4 is 11.8 Å². The minimum absolute atomic E-state index is 0.0597. The monoisotopic (exact) mass is 318 g/mol. The fourth-order valence-corrected chi connectivity index (χ4v) is 2.70. The largest absolute Gasteiger partial charge is 0.491 e. The SMILES string of the molecule is CCc1nc(SC)[nH]c(=O)c1Cc1ccccc1OC(C)C. The molecule has 1 aromatic carbocycles. The molecule has 0 amide bonds. The molecule has 0 aliphatic carbocycles. The number of nitrogens with one attached hydrogen (secondary N) is 1. The van der Waals surface area contributed by atoms with Gasteiger partial charge in [0.05, 0.1) is 11.8 Å². The highest BCUT2D eigenvalue weighted by Crippen LogP contribution is 2.23. The van der Waals surface area contributed by atoms with E-state index in [4.69, 9.17) is 4.74 Å². The van der Waals surface area contributed by atoms with Gasteiger partial charge in [0, 0.05) is 12.0 Å². The summed E-state index contributed by atoms with van der Waals surface area (Å²) in [5.41, 5.74) is 2.53. The van der Waals surface area contributed by atoms with E-state index < -0.39 is 0 Å². The number of rotatable bonds is 6. The summed E-state index contributed by atoms with van der Waals surface area (Å²) in [5.74, 6) is 0.827. The molecule has 0 atom stereocenters. The van der Waals surface area contributed by atoms with Gasteiger partial charge in [0.1, 0.15) is 5.75 Å². The Labute approximate surface area is 135 Å². The summed E-state index contributed by atoms with van der Waals surface area (Å²) < 4.78 is 5.84. The molecule has 1 aromatic heterocycles. The second-order valence-corrected chi connectivity index (χ2v) is 6.10. The van der Waals surface area contributed by atoms with E-state index in [-0.39, 0.29) is 11.7 Å². The van der Waals surface area contributed by atoms with Crippen LogP contribution in [0.15, 0.2) is 34.2 Å². The van der Waals surface area contributed by atoms with E-state index in [1.807, 2.05) is 51.3 Å². The quantitative estimate of drug-likeness (QED) is 0.655. The van der Waals surface area contributed by atoms with Crippen LogP contribution in [-0.4, -0.2) is 22.3 Å². The molecule has 0 bridgehead atoms. The van der Waals surface area contributed by atoms with Gasteiger partial charge in [-0.25, -0.2) is 4.98 Å². The molecule has 0 spiro atoms. The van der Waals surface area contributed by atoms with Crippen molar-refractivity contribution in [2.75, 3.05) is 6.26 Å². The van der Waals surface area contributed by atoms with Crippen molar-refractivity contribution in [1.29, 1.82) is 0 Å². The van der Waals surface area contributed by atoms with Crippen LogP contribution in [0, 0.1) is 0 Å². The fraction of sp³-hybridized carbons (Fsp3) is 0.412. The molecule has 118 valence electrons. The number of aromatic amines is 1. The normalized spacial score (nSPS) is 11.0. The minimum atomic E-state index is -0.0597. The predicted molar refractivity (Wildman–Crippen MR) is 91.0 cm³/mol. The number of aryl methyl sites for hydroxylation is 1. The van der Waals surface area contributed by atoms with E-state index >= 15 is 0 Å². The summed E-state index contributed by atoms with van der Waals surface area (Å²) in [6.07, 6.45) is 3.27. The molecule has 0 saturated carbocycles. The summed E-state index contributed by atoms with van der Waals surface area (Å²) in [7, 11) is 0. The highest BCUT2D eigenvalue weighted by molar-refractivity contribution is 7.98. The summed E-state index contributed by atoms with van der Waals surface area (Å²) >= 11 is 1.45. The molecule has 0 unspecified atom stereocenters. The lowest BCUT2D eigenvalue weighted by Gasteiger charge is -2.15. The van der Waals surface area contributed by atoms with Gasteiger partial charge in [-0.3, -0.25) is 4.79 Å². The molecule has 2 rings (SSSR count). The third-order valence-corrected chi connectivity index (χ3v) is 3.89. The lowest BCUT2D eigenvalue weighted by Crippen LogP contribution is -2.19. The minimum Gasteiger partial charge on any atom is -0.491 e. The first-order valence-electron chi connectivity index (χ1n) is 7.45. The van der Waals surface area contributed by atoms with Crippen LogP contribution < -0.4 is 10.3 Å². The summed E-state index contributed by atoms with van der Waals surface area (Å²) in [6.45, 7) is 6.01. The molecule has 0 aliphatic rings. The van der Waals surface area contributed by atoms with Crippen molar-refractivity contribution in [1.82, 2.24) is 9.97 Å². The molecule has 0 aliphatic heterocycles. The van der Waals surface area contributed by atoms with Gasteiger partial charge in [-0.2, -0.15) is 0 Å². The van der Waals surface area contributed by atoms with Gasteiger partial charge in [0.15, 0.2) is 5.16 Å². The van der Waals surface area contributed by atoms with Crippen molar-refractivity contribution in [2.24, 2.45) is 0 Å². The van der Waals surface area contributed by atoms with Crippen LogP contribution in [0.4, 0.5) is 0 Å². The topological polar surface area (TPSA) is 55.0 Å². The van der Waals surface area contributed by atoms with E-state index in [9.17, 15) is 4.79 Å². The Morgan fingerprint density at radius 2 is 2.05 bits per heavy atom. The number of hydrogen-bond acceptors (Lipinski definition) is 4. The Bertz CT molecular complexity index is 695. The van der Waals surface area contributed by atoms with E-state index in [0.29, 0.717) is 11.6 Å². The number of thioether (sulfide) groups is 1. The summed E-state index contributed by atoms with van der Waals surface area (Å²) in [6, 6.07) is 7.85. The molecule has 1 N–H and O–H groups in total. The van der Waals surface area contributed by atoms with Crippen molar-refractivity contribution in [3.05, 3.63) is 51.4 Å². The standard InChI is InChI=1S/C17H22N2O2S/c1-5-14-13(16(20)19-17(18-14)22-4)10-12-8-6-7-9-15(12)21-11(2)3/h6-9,11H,5,10H2,1-4H3,(H,18,19,20). The number of para-hydroxylation sites is 1. The molecular weight excluding hydrogens is 296 g/mol. The molecule has 22 heavy (non-hydrogen) atoms. The average molecular weight is 318 g/mol. The maximum absolute atomic E-state index is 12.4. The molecule has 4 nitrogen and oxygen atoms in total. The van der Waals surface area contributed by atoms with Crippen molar-refractivity contribution in [3.63, 3.8) is 0 Å². The highest BCUT2D eigenvalue weighted by atomic mass is 32.2. The van der Waals surface area contributed by atoms with E-state index in [1.54, 1.807) is 0 Å². The Balaban J connectivity index is 2.41. The smallest absolute Gasteiger partial charge is 0.255 e. The lowest BCUT2D eigenvalue weighted by atomic mass is 10.0. The van der Waals surface area contributed by atoms with Gasteiger partial charge in [0.2, 0.25) is 0 Å². The number of nitrogens with zero attached hydrogens (tertiary/aromatic N) is 1. The molecule has 0 radical (unpaired) electrons. The Hall–Kier alpha value is -1.75. The van der Waals surface area contributed by atoms with E-state index in [0.717, 1.165) is 29.0 Å². The van der Waals surface area contributed by atoms with Crippen LogP contribution in [0.5, 0.6) is 5.75 Å². The summed E-state index contributed by atoms with van der Waals surface area (Å²) in [4.78, 5) is 19.7. The van der Waals surface area contributed by atoms with Gasteiger partial charge < -0.3 is 9.72 Å². The fourth-order valence-electron chi connectivity index (χ4n) is 2.30. The second-order valence-electron chi connectivity index (χ2n) is 5.31. The second kappa shape index (κ2) is 7.49. The van der Waals surface area contributed by atoms with E-state index in [1.165, 1.54) is 11.8 Å². The highest BCUT2D eigenvalue weighted by Gasteiger charge is 2.13. The van der Waals surface area contributed by atoms with Gasteiger partial charge >= 0.3 is 0 Å². The van der Waals surface area contributed by atoms with Crippen LogP contribution in [0.25, 0.3) is 0 Å². The molecule has 5 heteroatoms. The zero-order valence-electron chi connectivity index (χ0n) is 13.5. The maximum atomic E-state index is 12.4. The Morgan fingerprint density at radius 3 is 2.68 bits per heavy atom. The first-order valence-corrected chi connectivity index (χ1v) is 8.68. The number of ether oxygens (including phenoxy) is 1. The third kappa shape index (κ3) is 3.91. The molecule has 2 aromatic rings. The molecular formula is C17H22N2O2S. The van der Waals surface area contributed by atoms with Crippen LogP contribution in [0.2, 0.25) is 0 Å². The van der Waals surface area contributed by atoms with Gasteiger partial charge in [-0.15, -0.1) is 0 Å². The van der Waals surface area contributed by atoms with E-state index in [2.05, 4.69) is 9.97 Å². The van der Waals surface area contributed by atoms with Crippen LogP contribution in [-0.2, 0) is 12.8 Å². The summed E-state index contributed by atoms with van der Waals surface area (Å²) in [5, 5.41) is 0.664. The molecule has 0 saturated heterocycles. The van der Waals surface area contributed by atoms with Crippen LogP contribution in [0.3, 0.4) is 0 Å². The maximum Gasteiger partial charge on any atom is 0.255 e. The Kier molecular flexibility index (Phi) is 5.66. The first-order chi connectivity index (χ1) is 10.5. The zero-order chi connectivity index (χ0) is 16.1. The predicted octanol–water partition coefficient (Wildman–Crippen LogP) is 3.43. The number of hydrogen-bond donors (Lipinski definition) is 1. The molecule has 0 fully saturated rings. The van der Waals surface area contributed by atoms with Gasteiger partial charge in [-0.05, 0) is 38.2 Å². The number of aromatic nitrogens is 2. The van der Waals surface area contributed by atoms with Crippen molar-refractivity contribution in [3.8, 4) is 5.75 Å². The average Bonchev–Trinajstić information content (AvgIpc) is 2.50. The first kappa shape index (κ1) is 16.6. The third-order valence-electron chi connectivity index (χ3n) is 3.31. The molecule has 1 heterocycles. The van der Waals surface area contributed by atoms with Crippen molar-refractivity contribution < 1.29 is 4.74 Å². The zero-order valence-corrected chi connectivity index (χ0v) is 14.3. The Morgan fingerprint density at radius 1 is 1.32 bits per heavy atom. The van der Waals surface area contributed by atoms with Crippen LogP contribution in [0.1, 0.15) is 37.6 Å². The van der Waals surface area contributed by atoms with Gasteiger partial charge in [-0.1, -0.05) is 36.9 Å². The lowest BCUT2D eigenvalue weighted by molar-refractivity contribution is 0.240. The van der Waals surface area contributed by atoms with Crippen molar-refractivity contribution in [2.45, 2.75) is 44.9 Å². The number of benzene rings is 1. The van der Waals surface area contributed by atoms with Gasteiger partial charge in [0.25, 0.3) is 5.56 Å².